The average molecular weight is 299 g/mol. The fourth-order valence-electron chi connectivity index (χ4n) is 2.59. The number of aromatic nitrogens is 2. The van der Waals surface area contributed by atoms with Gasteiger partial charge in [-0.25, -0.2) is 9.97 Å². The van der Waals surface area contributed by atoms with Crippen LogP contribution in [-0.4, -0.2) is 36.3 Å². The second-order valence-electron chi connectivity index (χ2n) is 5.50. The highest BCUT2D eigenvalue weighted by molar-refractivity contribution is 5.79. The minimum Gasteiger partial charge on any atom is -0.393 e. The number of ether oxygens (including phenoxy) is 1. The molecular weight excluding hydrogens is 278 g/mol. The fourth-order valence-corrected chi connectivity index (χ4v) is 2.59. The van der Waals surface area contributed by atoms with Crippen molar-refractivity contribution in [1.29, 1.82) is 0 Å². The van der Waals surface area contributed by atoms with Crippen molar-refractivity contribution in [1.82, 2.24) is 9.97 Å². The Kier molecular flexibility index (Phi) is 4.11. The van der Waals surface area contributed by atoms with Crippen LogP contribution in [-0.2, 0) is 4.74 Å². The molecule has 0 spiro atoms. The summed E-state index contributed by atoms with van der Waals surface area (Å²) < 4.78 is 5.37. The van der Waals surface area contributed by atoms with Crippen molar-refractivity contribution < 1.29 is 4.74 Å². The zero-order chi connectivity index (χ0) is 15.5. The van der Waals surface area contributed by atoms with Crippen LogP contribution in [0.2, 0.25) is 0 Å². The van der Waals surface area contributed by atoms with Gasteiger partial charge < -0.3 is 20.7 Å². The van der Waals surface area contributed by atoms with E-state index in [0.29, 0.717) is 24.7 Å². The zero-order valence-electron chi connectivity index (χ0n) is 13.0. The molecule has 1 fully saturated rings. The monoisotopic (exact) mass is 299 g/mol. The third-order valence-electron chi connectivity index (χ3n) is 3.81. The first kappa shape index (κ1) is 14.6. The third-order valence-corrected chi connectivity index (χ3v) is 3.81. The summed E-state index contributed by atoms with van der Waals surface area (Å²) in [5.74, 6) is 1.41. The molecule has 0 radical (unpaired) electrons. The van der Waals surface area contributed by atoms with Crippen LogP contribution in [0.25, 0.3) is 0 Å². The van der Waals surface area contributed by atoms with Crippen molar-refractivity contribution in [2.45, 2.75) is 13.8 Å². The minimum absolute atomic E-state index is 0.573. The summed E-state index contributed by atoms with van der Waals surface area (Å²) in [6.07, 6.45) is 1.55. The Balaban J connectivity index is 1.87. The molecule has 0 amide bonds. The van der Waals surface area contributed by atoms with Gasteiger partial charge in [-0.2, -0.15) is 0 Å². The second-order valence-corrected chi connectivity index (χ2v) is 5.50. The van der Waals surface area contributed by atoms with Gasteiger partial charge in [-0.15, -0.1) is 0 Å². The molecule has 1 saturated heterocycles. The zero-order valence-corrected chi connectivity index (χ0v) is 13.0. The van der Waals surface area contributed by atoms with Crippen molar-refractivity contribution >= 4 is 23.0 Å². The molecule has 6 heteroatoms. The number of hydrogen-bond acceptors (Lipinski definition) is 6. The van der Waals surface area contributed by atoms with Gasteiger partial charge in [-0.3, -0.25) is 0 Å². The first-order valence-corrected chi connectivity index (χ1v) is 7.42. The number of benzene rings is 1. The Morgan fingerprint density at radius 2 is 1.95 bits per heavy atom. The molecule has 0 aliphatic carbocycles. The topological polar surface area (TPSA) is 76.3 Å². The van der Waals surface area contributed by atoms with Crippen LogP contribution in [0.4, 0.5) is 23.0 Å². The maximum atomic E-state index is 6.27. The fraction of sp³-hybridized carbons (Fsp3) is 0.375. The summed E-state index contributed by atoms with van der Waals surface area (Å²) in [4.78, 5) is 10.8. The van der Waals surface area contributed by atoms with Crippen molar-refractivity contribution in [3.05, 3.63) is 35.7 Å². The molecule has 6 nitrogen and oxygen atoms in total. The van der Waals surface area contributed by atoms with Crippen molar-refractivity contribution in [3.63, 3.8) is 0 Å². The lowest BCUT2D eigenvalue weighted by molar-refractivity contribution is 0.122. The molecule has 0 saturated carbocycles. The summed E-state index contributed by atoms with van der Waals surface area (Å²) in [5, 5.41) is 3.31. The molecule has 2 heterocycles. The lowest BCUT2D eigenvalue weighted by Crippen LogP contribution is -2.37. The molecular formula is C16H21N5O. The van der Waals surface area contributed by atoms with Gasteiger partial charge in [0.2, 0.25) is 0 Å². The van der Waals surface area contributed by atoms with Crippen LogP contribution in [0.5, 0.6) is 0 Å². The van der Waals surface area contributed by atoms with Gasteiger partial charge in [0.05, 0.1) is 13.2 Å². The Morgan fingerprint density at radius 1 is 1.18 bits per heavy atom. The standard InChI is InChI=1S/C16H21N5O/c1-11-3-4-13(12(2)9-11)20-15-14(17)16(19-10-18-15)21-5-7-22-8-6-21/h3-4,9-10H,5-8,17H2,1-2H3,(H,18,19,20). The van der Waals surface area contributed by atoms with E-state index in [-0.39, 0.29) is 0 Å². The van der Waals surface area contributed by atoms with Gasteiger partial charge in [-0.1, -0.05) is 17.7 Å². The van der Waals surface area contributed by atoms with Gasteiger partial charge in [0.1, 0.15) is 12.0 Å². The van der Waals surface area contributed by atoms with E-state index in [0.717, 1.165) is 30.2 Å². The maximum absolute atomic E-state index is 6.27. The highest BCUT2D eigenvalue weighted by Gasteiger charge is 2.18. The predicted molar refractivity (Wildman–Crippen MR) is 88.7 cm³/mol. The normalized spacial score (nSPS) is 14.9. The first-order valence-electron chi connectivity index (χ1n) is 7.42. The summed E-state index contributed by atoms with van der Waals surface area (Å²) >= 11 is 0. The number of hydrogen-bond donors (Lipinski definition) is 2. The molecule has 116 valence electrons. The van der Waals surface area contributed by atoms with E-state index >= 15 is 0 Å². The van der Waals surface area contributed by atoms with E-state index in [2.05, 4.69) is 46.2 Å². The number of nitrogens with two attached hydrogens (primary N) is 1. The van der Waals surface area contributed by atoms with Gasteiger partial charge >= 0.3 is 0 Å². The summed E-state index contributed by atoms with van der Waals surface area (Å²) in [6.45, 7) is 7.13. The van der Waals surface area contributed by atoms with E-state index in [1.807, 2.05) is 6.07 Å². The average Bonchev–Trinajstić information content (AvgIpc) is 2.53. The van der Waals surface area contributed by atoms with E-state index < -0.39 is 0 Å². The second kappa shape index (κ2) is 6.19. The van der Waals surface area contributed by atoms with Gasteiger partial charge in [-0.05, 0) is 25.5 Å². The summed E-state index contributed by atoms with van der Waals surface area (Å²) in [6, 6.07) is 6.23. The van der Waals surface area contributed by atoms with Gasteiger partial charge in [0, 0.05) is 18.8 Å². The molecule has 0 bridgehead atoms. The van der Waals surface area contributed by atoms with E-state index in [1.54, 1.807) is 6.33 Å². The number of morpholine rings is 1. The van der Waals surface area contributed by atoms with Crippen LogP contribution in [0.15, 0.2) is 24.5 Å². The highest BCUT2D eigenvalue weighted by Crippen LogP contribution is 2.30. The largest absolute Gasteiger partial charge is 0.393 e. The Bertz CT molecular complexity index is 668. The number of nitrogens with zero attached hydrogens (tertiary/aromatic N) is 3. The number of rotatable bonds is 3. The molecule has 1 aromatic heterocycles. The maximum Gasteiger partial charge on any atom is 0.159 e. The lowest BCUT2D eigenvalue weighted by atomic mass is 10.1. The van der Waals surface area contributed by atoms with E-state index in [9.17, 15) is 0 Å². The van der Waals surface area contributed by atoms with Gasteiger partial charge in [0.15, 0.2) is 11.6 Å². The molecule has 2 aromatic rings. The van der Waals surface area contributed by atoms with Crippen LogP contribution < -0.4 is 16.0 Å². The Hall–Kier alpha value is -2.34. The predicted octanol–water partition coefficient (Wildman–Crippen LogP) is 2.26. The lowest BCUT2D eigenvalue weighted by Gasteiger charge is -2.29. The van der Waals surface area contributed by atoms with Crippen molar-refractivity contribution in [3.8, 4) is 0 Å². The summed E-state index contributed by atoms with van der Waals surface area (Å²) in [7, 11) is 0. The molecule has 1 aliphatic rings. The molecule has 3 N–H and O–H groups in total. The number of aryl methyl sites for hydroxylation is 2. The molecule has 3 rings (SSSR count). The first-order chi connectivity index (χ1) is 10.6. The number of anilines is 4. The number of nitrogens with one attached hydrogen (secondary N) is 1. The van der Waals surface area contributed by atoms with Crippen molar-refractivity contribution in [2.75, 3.05) is 42.3 Å². The molecule has 22 heavy (non-hydrogen) atoms. The van der Waals surface area contributed by atoms with Gasteiger partial charge in [0.25, 0.3) is 0 Å². The Morgan fingerprint density at radius 3 is 2.68 bits per heavy atom. The van der Waals surface area contributed by atoms with E-state index in [4.69, 9.17) is 10.5 Å². The molecule has 1 aliphatic heterocycles. The smallest absolute Gasteiger partial charge is 0.159 e. The SMILES string of the molecule is Cc1ccc(Nc2ncnc(N3CCOCC3)c2N)c(C)c1. The molecule has 0 unspecified atom stereocenters. The van der Waals surface area contributed by atoms with Crippen LogP contribution in [0, 0.1) is 13.8 Å². The molecule has 1 aromatic carbocycles. The highest BCUT2D eigenvalue weighted by atomic mass is 16.5. The number of nitrogen functional groups attached to an aromatic ring is 1. The Labute approximate surface area is 130 Å². The quantitative estimate of drug-likeness (QED) is 0.905. The van der Waals surface area contributed by atoms with Crippen molar-refractivity contribution in [2.24, 2.45) is 0 Å². The molecule has 0 atom stereocenters. The van der Waals surface area contributed by atoms with Crippen LogP contribution in [0.1, 0.15) is 11.1 Å². The third kappa shape index (κ3) is 2.96. The minimum atomic E-state index is 0.573. The van der Waals surface area contributed by atoms with Crippen LogP contribution >= 0.6 is 0 Å². The summed E-state index contributed by atoms with van der Waals surface area (Å²) in [5.41, 5.74) is 10.2. The van der Waals surface area contributed by atoms with E-state index in [1.165, 1.54) is 5.56 Å². The van der Waals surface area contributed by atoms with Crippen LogP contribution in [0.3, 0.4) is 0 Å².